The Kier molecular flexibility index (Phi) is 8.56. The van der Waals surface area contributed by atoms with E-state index in [1.54, 1.807) is 26.0 Å². The highest BCUT2D eigenvalue weighted by Crippen LogP contribution is 2.32. The number of benzene rings is 2. The van der Waals surface area contributed by atoms with Gasteiger partial charge < -0.3 is 5.32 Å². The van der Waals surface area contributed by atoms with Gasteiger partial charge in [0.25, 0.3) is 5.91 Å². The summed E-state index contributed by atoms with van der Waals surface area (Å²) in [6.07, 6.45) is 10.3. The normalized spacial score (nSPS) is 13.3. The molecule has 2 aromatic carbocycles. The summed E-state index contributed by atoms with van der Waals surface area (Å²) in [5.41, 5.74) is 3.91. The number of aryl methyl sites for hydroxylation is 1. The summed E-state index contributed by atoms with van der Waals surface area (Å²) in [5, 5.41) is 6.11. The fourth-order valence-electron chi connectivity index (χ4n) is 3.82. The largest absolute Gasteiger partial charge is 0.332 e. The molecule has 1 amide bonds. The van der Waals surface area contributed by atoms with Gasteiger partial charge in [-0.25, -0.2) is 4.39 Å². The molecular weight excluding hydrogens is 431 g/mol. The van der Waals surface area contributed by atoms with Gasteiger partial charge in [0, 0.05) is 17.7 Å². The average molecular weight is 465 g/mol. The van der Waals surface area contributed by atoms with Crippen LogP contribution in [0.4, 0.5) is 10.1 Å². The highest BCUT2D eigenvalue weighted by Gasteiger charge is 2.21. The van der Waals surface area contributed by atoms with Gasteiger partial charge in [0.1, 0.15) is 5.67 Å². The van der Waals surface area contributed by atoms with E-state index >= 15 is 0 Å². The van der Waals surface area contributed by atoms with E-state index in [2.05, 4.69) is 29.7 Å². The number of allylic oxidation sites excluding steroid dienone is 3. The third kappa shape index (κ3) is 7.36. The van der Waals surface area contributed by atoms with Gasteiger partial charge >= 0.3 is 0 Å². The molecule has 2 N–H and O–H groups in total. The molecule has 0 saturated heterocycles. The third-order valence-corrected chi connectivity index (χ3v) is 6.04. The Labute approximate surface area is 202 Å². The SMILES string of the molecule is CCCCCCc1ccc(NC(=S)NC(=O)C2=CC=C(c3cccc(C(C)(C)F)c3)C2)cc1. The molecule has 1 aliphatic carbocycles. The lowest BCUT2D eigenvalue weighted by Gasteiger charge is -2.16. The molecule has 0 unspecified atom stereocenters. The van der Waals surface area contributed by atoms with Crippen molar-refractivity contribution in [1.82, 2.24) is 5.32 Å². The Morgan fingerprint density at radius 3 is 2.52 bits per heavy atom. The smallest absolute Gasteiger partial charge is 0.253 e. The molecule has 1 aliphatic rings. The Morgan fingerprint density at radius 2 is 1.82 bits per heavy atom. The van der Waals surface area contributed by atoms with Crippen LogP contribution in [-0.4, -0.2) is 11.0 Å². The van der Waals surface area contributed by atoms with Crippen molar-refractivity contribution in [1.29, 1.82) is 0 Å². The zero-order chi connectivity index (χ0) is 23.8. The van der Waals surface area contributed by atoms with E-state index in [0.29, 0.717) is 17.6 Å². The fraction of sp³-hybridized carbons (Fsp3) is 0.357. The summed E-state index contributed by atoms with van der Waals surface area (Å²) in [6.45, 7) is 5.30. The molecule has 0 spiro atoms. The van der Waals surface area contributed by atoms with Gasteiger partial charge in [-0.2, -0.15) is 0 Å². The van der Waals surface area contributed by atoms with Crippen LogP contribution in [0.2, 0.25) is 0 Å². The van der Waals surface area contributed by atoms with Gasteiger partial charge in [0.2, 0.25) is 0 Å². The number of thiocarbonyl (C=S) groups is 1. The van der Waals surface area contributed by atoms with Gasteiger partial charge in [0.05, 0.1) is 0 Å². The second-order valence-electron chi connectivity index (χ2n) is 9.03. The number of rotatable bonds is 9. The summed E-state index contributed by atoms with van der Waals surface area (Å²) in [6, 6.07) is 15.6. The van der Waals surface area contributed by atoms with Gasteiger partial charge in [-0.05, 0) is 79.4 Å². The van der Waals surface area contributed by atoms with E-state index in [0.717, 1.165) is 23.2 Å². The summed E-state index contributed by atoms with van der Waals surface area (Å²) in [4.78, 5) is 12.7. The molecule has 0 atom stereocenters. The number of carbonyl (C=O) groups is 1. The molecule has 0 radical (unpaired) electrons. The third-order valence-electron chi connectivity index (χ3n) is 5.84. The molecule has 0 heterocycles. The van der Waals surface area contributed by atoms with Crippen LogP contribution in [-0.2, 0) is 16.9 Å². The van der Waals surface area contributed by atoms with Crippen LogP contribution in [0.15, 0.2) is 66.3 Å². The number of unbranched alkanes of at least 4 members (excludes halogenated alkanes) is 3. The number of hydrogen-bond donors (Lipinski definition) is 2. The summed E-state index contributed by atoms with van der Waals surface area (Å²) in [7, 11) is 0. The van der Waals surface area contributed by atoms with Crippen LogP contribution < -0.4 is 10.6 Å². The van der Waals surface area contributed by atoms with E-state index in [9.17, 15) is 9.18 Å². The number of halogens is 1. The lowest BCUT2D eigenvalue weighted by Crippen LogP contribution is -2.34. The van der Waals surface area contributed by atoms with Crippen LogP contribution >= 0.6 is 12.2 Å². The second-order valence-corrected chi connectivity index (χ2v) is 9.44. The molecule has 33 heavy (non-hydrogen) atoms. The highest BCUT2D eigenvalue weighted by molar-refractivity contribution is 7.80. The molecule has 0 aliphatic heterocycles. The van der Waals surface area contributed by atoms with E-state index in [-0.39, 0.29) is 11.0 Å². The maximum Gasteiger partial charge on any atom is 0.253 e. The summed E-state index contributed by atoms with van der Waals surface area (Å²) in [5.74, 6) is -0.228. The standard InChI is InChI=1S/C28H33FN2OS/c1-4-5-6-7-9-20-12-16-25(17-13-20)30-27(33)31-26(32)23-15-14-22(18-23)21-10-8-11-24(19-21)28(2,3)29/h8,10-17,19H,4-7,9,18H2,1-3H3,(H2,30,31,32,33). The number of hydrogen-bond acceptors (Lipinski definition) is 2. The van der Waals surface area contributed by atoms with Crippen molar-refractivity contribution in [3.8, 4) is 0 Å². The van der Waals surface area contributed by atoms with Crippen molar-refractivity contribution in [3.05, 3.63) is 82.9 Å². The van der Waals surface area contributed by atoms with Crippen molar-refractivity contribution in [2.24, 2.45) is 0 Å². The Morgan fingerprint density at radius 1 is 1.06 bits per heavy atom. The topological polar surface area (TPSA) is 41.1 Å². The first kappa shape index (κ1) is 24.8. The molecule has 2 aromatic rings. The Hall–Kier alpha value is -2.79. The van der Waals surface area contributed by atoms with E-state index in [1.807, 2.05) is 36.4 Å². The second kappa shape index (κ2) is 11.4. The zero-order valence-corrected chi connectivity index (χ0v) is 20.5. The fourth-order valence-corrected chi connectivity index (χ4v) is 4.03. The number of alkyl halides is 1. The Balaban J connectivity index is 1.49. The minimum Gasteiger partial charge on any atom is -0.332 e. The quantitative estimate of drug-likeness (QED) is 0.303. The van der Waals surface area contributed by atoms with Gasteiger partial charge in [-0.1, -0.05) is 68.7 Å². The van der Waals surface area contributed by atoms with Gasteiger partial charge in [-0.3, -0.25) is 10.1 Å². The van der Waals surface area contributed by atoms with E-state index in [1.165, 1.54) is 31.2 Å². The predicted molar refractivity (Wildman–Crippen MR) is 140 cm³/mol. The zero-order valence-electron chi connectivity index (χ0n) is 19.7. The van der Waals surface area contributed by atoms with Crippen molar-refractivity contribution < 1.29 is 9.18 Å². The van der Waals surface area contributed by atoms with Crippen LogP contribution in [0.5, 0.6) is 0 Å². The first-order chi connectivity index (χ1) is 15.8. The van der Waals surface area contributed by atoms with Crippen LogP contribution in [0.25, 0.3) is 5.57 Å². The maximum atomic E-state index is 14.3. The molecule has 0 aromatic heterocycles. The van der Waals surface area contributed by atoms with E-state index < -0.39 is 5.67 Å². The summed E-state index contributed by atoms with van der Waals surface area (Å²) < 4.78 is 14.3. The maximum absolute atomic E-state index is 14.3. The summed E-state index contributed by atoms with van der Waals surface area (Å²) >= 11 is 5.33. The van der Waals surface area contributed by atoms with Crippen molar-refractivity contribution in [2.45, 2.75) is 65.0 Å². The molecule has 3 nitrogen and oxygen atoms in total. The van der Waals surface area contributed by atoms with Crippen LogP contribution in [0.1, 0.15) is 69.6 Å². The molecule has 0 bridgehead atoms. The number of amides is 1. The number of carbonyl (C=O) groups excluding carboxylic acids is 1. The average Bonchev–Trinajstić information content (AvgIpc) is 3.28. The number of anilines is 1. The Bertz CT molecular complexity index is 1050. The monoisotopic (exact) mass is 464 g/mol. The first-order valence-corrected chi connectivity index (χ1v) is 12.1. The minimum atomic E-state index is -1.41. The molecule has 3 rings (SSSR count). The minimum absolute atomic E-state index is 0.228. The predicted octanol–water partition coefficient (Wildman–Crippen LogP) is 7.24. The lowest BCUT2D eigenvalue weighted by molar-refractivity contribution is -0.116. The van der Waals surface area contributed by atoms with Crippen LogP contribution in [0.3, 0.4) is 0 Å². The number of nitrogens with one attached hydrogen (secondary N) is 2. The molecule has 174 valence electrons. The van der Waals surface area contributed by atoms with Crippen molar-refractivity contribution in [3.63, 3.8) is 0 Å². The first-order valence-electron chi connectivity index (χ1n) is 11.7. The lowest BCUT2D eigenvalue weighted by atomic mass is 9.94. The molecule has 5 heteroatoms. The van der Waals surface area contributed by atoms with Crippen molar-refractivity contribution in [2.75, 3.05) is 5.32 Å². The van der Waals surface area contributed by atoms with Gasteiger partial charge in [-0.15, -0.1) is 0 Å². The molecular formula is C28H33FN2OS. The van der Waals surface area contributed by atoms with Crippen LogP contribution in [0, 0.1) is 0 Å². The highest BCUT2D eigenvalue weighted by atomic mass is 32.1. The molecule has 0 fully saturated rings. The molecule has 0 saturated carbocycles. The van der Waals surface area contributed by atoms with Crippen molar-refractivity contribution >= 4 is 34.5 Å². The van der Waals surface area contributed by atoms with Gasteiger partial charge in [0.15, 0.2) is 5.11 Å². The van der Waals surface area contributed by atoms with E-state index in [4.69, 9.17) is 12.2 Å².